The van der Waals surface area contributed by atoms with Gasteiger partial charge in [-0.2, -0.15) is 0 Å². The Labute approximate surface area is 82.7 Å². The number of tetrazole rings is 1. The van der Waals surface area contributed by atoms with Crippen LogP contribution >= 0.6 is 0 Å². The van der Waals surface area contributed by atoms with Crippen molar-refractivity contribution in [3.8, 4) is 0 Å². The van der Waals surface area contributed by atoms with E-state index in [2.05, 4.69) is 20.8 Å². The molecular formula is C8H15N5O. The molecule has 0 saturated carbocycles. The van der Waals surface area contributed by atoms with Crippen molar-refractivity contribution < 1.29 is 4.79 Å². The van der Waals surface area contributed by atoms with Crippen LogP contribution in [-0.2, 0) is 11.3 Å². The van der Waals surface area contributed by atoms with E-state index in [9.17, 15) is 4.79 Å². The van der Waals surface area contributed by atoms with Gasteiger partial charge in [-0.25, -0.2) is 4.68 Å². The minimum absolute atomic E-state index is 0.0420. The van der Waals surface area contributed by atoms with Gasteiger partial charge in [-0.05, 0) is 23.3 Å². The van der Waals surface area contributed by atoms with Crippen molar-refractivity contribution in [1.29, 1.82) is 0 Å². The summed E-state index contributed by atoms with van der Waals surface area (Å²) in [5, 5.41) is 13.7. The summed E-state index contributed by atoms with van der Waals surface area (Å²) in [6, 6.07) is 0. The van der Waals surface area contributed by atoms with Crippen molar-refractivity contribution in [3.05, 3.63) is 0 Å². The molecule has 0 aliphatic heterocycles. The number of amides is 1. The first-order valence-corrected chi connectivity index (χ1v) is 4.84. The van der Waals surface area contributed by atoms with Crippen molar-refractivity contribution in [3.63, 3.8) is 0 Å². The van der Waals surface area contributed by atoms with Crippen LogP contribution in [0.3, 0.4) is 0 Å². The topological polar surface area (TPSA) is 72.7 Å². The first kappa shape index (κ1) is 10.6. The second-order valence-corrected chi connectivity index (χ2v) is 3.02. The molecule has 0 unspecified atom stereocenters. The van der Waals surface area contributed by atoms with Gasteiger partial charge in [-0.3, -0.25) is 10.1 Å². The summed E-state index contributed by atoms with van der Waals surface area (Å²) in [7, 11) is 0. The zero-order chi connectivity index (χ0) is 10.4. The number of hydrogen-bond donors (Lipinski definition) is 1. The third kappa shape index (κ3) is 2.79. The highest BCUT2D eigenvalue weighted by Crippen LogP contribution is 2.01. The fraction of sp³-hybridized carbons (Fsp3) is 0.750. The van der Waals surface area contributed by atoms with Gasteiger partial charge >= 0.3 is 0 Å². The second kappa shape index (κ2) is 5.31. The Balaban J connectivity index is 2.56. The van der Waals surface area contributed by atoms with Gasteiger partial charge in [0.2, 0.25) is 11.9 Å². The number of aryl methyl sites for hydroxylation is 1. The summed E-state index contributed by atoms with van der Waals surface area (Å²) < 4.78 is 1.59. The second-order valence-electron chi connectivity index (χ2n) is 3.02. The van der Waals surface area contributed by atoms with E-state index >= 15 is 0 Å². The zero-order valence-corrected chi connectivity index (χ0v) is 8.53. The van der Waals surface area contributed by atoms with Gasteiger partial charge in [0.25, 0.3) is 0 Å². The number of anilines is 1. The lowest BCUT2D eigenvalue weighted by Crippen LogP contribution is -2.15. The molecule has 14 heavy (non-hydrogen) atoms. The minimum Gasteiger partial charge on any atom is -0.293 e. The van der Waals surface area contributed by atoms with E-state index in [0.717, 1.165) is 19.4 Å². The minimum atomic E-state index is -0.0420. The highest BCUT2D eigenvalue weighted by Gasteiger charge is 2.07. The molecule has 1 rings (SSSR count). The van der Waals surface area contributed by atoms with Crippen molar-refractivity contribution >= 4 is 11.9 Å². The maximum absolute atomic E-state index is 11.2. The van der Waals surface area contributed by atoms with Crippen LogP contribution in [0, 0.1) is 0 Å². The summed E-state index contributed by atoms with van der Waals surface area (Å²) in [4.78, 5) is 11.2. The van der Waals surface area contributed by atoms with Crippen LogP contribution in [0.5, 0.6) is 0 Å². The van der Waals surface area contributed by atoms with E-state index in [4.69, 9.17) is 0 Å². The summed E-state index contributed by atoms with van der Waals surface area (Å²) >= 11 is 0. The molecule has 1 heterocycles. The standard InChI is InChI=1S/C8H15N5O/c1-3-5-7(14)9-8-10-11-12-13(8)6-4-2/h3-6H2,1-2H3,(H,9,10,12,14). The molecule has 0 spiro atoms. The zero-order valence-electron chi connectivity index (χ0n) is 8.53. The number of nitrogens with one attached hydrogen (secondary N) is 1. The van der Waals surface area contributed by atoms with Crippen molar-refractivity contribution in [1.82, 2.24) is 20.2 Å². The largest absolute Gasteiger partial charge is 0.293 e. The van der Waals surface area contributed by atoms with Gasteiger partial charge in [0, 0.05) is 13.0 Å². The van der Waals surface area contributed by atoms with Crippen LogP contribution < -0.4 is 5.32 Å². The molecule has 1 amide bonds. The molecule has 0 bridgehead atoms. The molecule has 0 atom stereocenters. The molecular weight excluding hydrogens is 182 g/mol. The van der Waals surface area contributed by atoms with Crippen molar-refractivity contribution in [2.75, 3.05) is 5.32 Å². The Bertz CT molecular complexity index is 296. The smallest absolute Gasteiger partial charge is 0.249 e. The lowest BCUT2D eigenvalue weighted by atomic mass is 10.3. The van der Waals surface area contributed by atoms with E-state index in [-0.39, 0.29) is 5.91 Å². The van der Waals surface area contributed by atoms with E-state index in [1.54, 1.807) is 4.68 Å². The van der Waals surface area contributed by atoms with Gasteiger partial charge in [0.05, 0.1) is 0 Å². The van der Waals surface area contributed by atoms with Crippen molar-refractivity contribution in [2.45, 2.75) is 39.7 Å². The maximum Gasteiger partial charge on any atom is 0.249 e. The monoisotopic (exact) mass is 197 g/mol. The van der Waals surface area contributed by atoms with Crippen LogP contribution in [0.25, 0.3) is 0 Å². The molecule has 1 aromatic heterocycles. The third-order valence-electron chi connectivity index (χ3n) is 1.70. The van der Waals surface area contributed by atoms with Crippen LogP contribution in [0.1, 0.15) is 33.1 Å². The molecule has 6 heteroatoms. The predicted molar refractivity (Wildman–Crippen MR) is 51.6 cm³/mol. The Morgan fingerprint density at radius 1 is 1.43 bits per heavy atom. The van der Waals surface area contributed by atoms with Gasteiger partial charge < -0.3 is 0 Å². The number of aromatic nitrogens is 4. The Morgan fingerprint density at radius 2 is 2.21 bits per heavy atom. The number of carbonyl (C=O) groups is 1. The average Bonchev–Trinajstić information content (AvgIpc) is 2.54. The Hall–Kier alpha value is -1.46. The van der Waals surface area contributed by atoms with Gasteiger partial charge in [0.15, 0.2) is 0 Å². The third-order valence-corrected chi connectivity index (χ3v) is 1.70. The average molecular weight is 197 g/mol. The first-order valence-electron chi connectivity index (χ1n) is 4.84. The van der Waals surface area contributed by atoms with E-state index in [1.165, 1.54) is 0 Å². The van der Waals surface area contributed by atoms with Gasteiger partial charge in [-0.1, -0.05) is 18.9 Å². The molecule has 0 aliphatic carbocycles. The van der Waals surface area contributed by atoms with Gasteiger partial charge in [-0.15, -0.1) is 0 Å². The van der Waals surface area contributed by atoms with Gasteiger partial charge in [0.1, 0.15) is 0 Å². The number of hydrogen-bond acceptors (Lipinski definition) is 4. The molecule has 0 radical (unpaired) electrons. The Kier molecular flexibility index (Phi) is 4.03. The summed E-state index contributed by atoms with van der Waals surface area (Å²) in [6.45, 7) is 4.70. The fourth-order valence-electron chi connectivity index (χ4n) is 1.07. The first-order chi connectivity index (χ1) is 6.77. The van der Waals surface area contributed by atoms with Crippen LogP contribution in [0.2, 0.25) is 0 Å². The molecule has 0 saturated heterocycles. The quantitative estimate of drug-likeness (QED) is 0.758. The molecule has 1 aromatic rings. The highest BCUT2D eigenvalue weighted by molar-refractivity contribution is 5.88. The SMILES string of the molecule is CCCC(=O)Nc1nnnn1CCC. The normalized spacial score (nSPS) is 10.1. The predicted octanol–water partition coefficient (Wildman–Crippen LogP) is 0.822. The number of nitrogens with zero attached hydrogens (tertiary/aromatic N) is 4. The highest BCUT2D eigenvalue weighted by atomic mass is 16.1. The molecule has 0 aliphatic rings. The van der Waals surface area contributed by atoms with Crippen LogP contribution in [0.15, 0.2) is 0 Å². The molecule has 1 N–H and O–H groups in total. The summed E-state index contributed by atoms with van der Waals surface area (Å²) in [6.07, 6.45) is 2.25. The lowest BCUT2D eigenvalue weighted by molar-refractivity contribution is -0.116. The molecule has 0 fully saturated rings. The van der Waals surface area contributed by atoms with E-state index in [1.807, 2.05) is 13.8 Å². The fourth-order valence-corrected chi connectivity index (χ4v) is 1.07. The van der Waals surface area contributed by atoms with Crippen LogP contribution in [0.4, 0.5) is 5.95 Å². The summed E-state index contributed by atoms with van der Waals surface area (Å²) in [5.41, 5.74) is 0. The van der Waals surface area contributed by atoms with Crippen LogP contribution in [-0.4, -0.2) is 26.1 Å². The maximum atomic E-state index is 11.2. The Morgan fingerprint density at radius 3 is 2.86 bits per heavy atom. The molecule has 78 valence electrons. The molecule has 0 aromatic carbocycles. The summed E-state index contributed by atoms with van der Waals surface area (Å²) in [5.74, 6) is 0.393. The number of carbonyl (C=O) groups excluding carboxylic acids is 1. The molecule has 6 nitrogen and oxygen atoms in total. The van der Waals surface area contributed by atoms with E-state index in [0.29, 0.717) is 12.4 Å². The van der Waals surface area contributed by atoms with E-state index < -0.39 is 0 Å². The number of rotatable bonds is 5. The van der Waals surface area contributed by atoms with Crippen molar-refractivity contribution in [2.24, 2.45) is 0 Å². The lowest BCUT2D eigenvalue weighted by Gasteiger charge is -2.03.